The number of nitrogens with one attached hydrogen (secondary N) is 2. The van der Waals surface area contributed by atoms with Crippen LogP contribution < -0.4 is 10.6 Å². The van der Waals surface area contributed by atoms with E-state index in [9.17, 15) is 9.59 Å². The summed E-state index contributed by atoms with van der Waals surface area (Å²) in [6.07, 6.45) is 1.62. The number of amides is 2. The first kappa shape index (κ1) is 16.5. The minimum absolute atomic E-state index is 0.188. The molecule has 0 saturated carbocycles. The molecule has 0 atom stereocenters. The minimum Gasteiger partial charge on any atom is -0.349 e. The highest BCUT2D eigenvalue weighted by Gasteiger charge is 2.11. The van der Waals surface area contributed by atoms with Gasteiger partial charge in [0.25, 0.3) is 11.8 Å². The number of rotatable bonds is 5. The molecule has 0 aromatic heterocycles. The van der Waals surface area contributed by atoms with Gasteiger partial charge in [0.05, 0.1) is 0 Å². The lowest BCUT2D eigenvalue weighted by atomic mass is 10.1. The Balaban J connectivity index is 2.11. The number of anilines is 1. The van der Waals surface area contributed by atoms with Crippen LogP contribution in [0.2, 0.25) is 0 Å². The van der Waals surface area contributed by atoms with Crippen molar-refractivity contribution in [2.24, 2.45) is 0 Å². The van der Waals surface area contributed by atoms with E-state index in [2.05, 4.69) is 17.2 Å². The number of aryl methyl sites for hydroxylation is 2. The van der Waals surface area contributed by atoms with E-state index in [1.165, 1.54) is 0 Å². The fourth-order valence-electron chi connectivity index (χ4n) is 2.24. The molecule has 2 aromatic rings. The molecule has 0 fully saturated rings. The van der Waals surface area contributed by atoms with E-state index < -0.39 is 0 Å². The van der Waals surface area contributed by atoms with Gasteiger partial charge in [-0.05, 0) is 49.2 Å². The first-order valence-electron chi connectivity index (χ1n) is 7.39. The topological polar surface area (TPSA) is 58.2 Å². The summed E-state index contributed by atoms with van der Waals surface area (Å²) < 4.78 is 0. The van der Waals surface area contributed by atoms with Crippen LogP contribution in [0.1, 0.15) is 31.8 Å². The van der Waals surface area contributed by atoms with Gasteiger partial charge in [-0.15, -0.1) is 6.58 Å². The fraction of sp³-hybridized carbons (Fsp3) is 0.158. The van der Waals surface area contributed by atoms with E-state index in [0.29, 0.717) is 17.7 Å². The van der Waals surface area contributed by atoms with Crippen LogP contribution in [0.4, 0.5) is 5.69 Å². The van der Waals surface area contributed by atoms with Gasteiger partial charge in [-0.1, -0.05) is 24.3 Å². The zero-order chi connectivity index (χ0) is 16.8. The highest BCUT2D eigenvalue weighted by atomic mass is 16.2. The van der Waals surface area contributed by atoms with Gasteiger partial charge in [0.2, 0.25) is 0 Å². The number of hydrogen-bond acceptors (Lipinski definition) is 2. The van der Waals surface area contributed by atoms with Crippen molar-refractivity contribution < 1.29 is 9.59 Å². The molecule has 0 aliphatic heterocycles. The number of hydrogen-bond donors (Lipinski definition) is 2. The number of benzene rings is 2. The Hall–Kier alpha value is -2.88. The molecule has 2 N–H and O–H groups in total. The molecule has 23 heavy (non-hydrogen) atoms. The quantitative estimate of drug-likeness (QED) is 0.831. The van der Waals surface area contributed by atoms with Crippen molar-refractivity contribution in [2.45, 2.75) is 13.8 Å². The van der Waals surface area contributed by atoms with Crippen molar-refractivity contribution in [3.05, 3.63) is 77.4 Å². The molecule has 0 heterocycles. The van der Waals surface area contributed by atoms with Crippen molar-refractivity contribution >= 4 is 17.5 Å². The summed E-state index contributed by atoms with van der Waals surface area (Å²) in [6.45, 7) is 7.87. The molecule has 4 heteroatoms. The monoisotopic (exact) mass is 308 g/mol. The third kappa shape index (κ3) is 4.07. The standard InChI is InChI=1S/C19H20N2O2/c1-4-12-20-18(22)15-8-10-16(11-9-15)19(23)21-17-13(2)6-5-7-14(17)3/h4-11H,1,12H2,2-3H3,(H,20,22)(H,21,23). The summed E-state index contributed by atoms with van der Waals surface area (Å²) in [4.78, 5) is 24.2. The van der Waals surface area contributed by atoms with Crippen LogP contribution in [0.15, 0.2) is 55.1 Å². The molecule has 0 aliphatic carbocycles. The maximum atomic E-state index is 12.3. The Bertz CT molecular complexity index is 713. The molecule has 2 aromatic carbocycles. The van der Waals surface area contributed by atoms with E-state index in [0.717, 1.165) is 16.8 Å². The van der Waals surface area contributed by atoms with E-state index in [4.69, 9.17) is 0 Å². The van der Waals surface area contributed by atoms with E-state index in [-0.39, 0.29) is 11.8 Å². The molecule has 0 unspecified atom stereocenters. The number of carbonyl (C=O) groups excluding carboxylic acids is 2. The maximum Gasteiger partial charge on any atom is 0.255 e. The van der Waals surface area contributed by atoms with Crippen molar-refractivity contribution in [3.8, 4) is 0 Å². The first-order valence-corrected chi connectivity index (χ1v) is 7.39. The van der Waals surface area contributed by atoms with Crippen LogP contribution in [0.5, 0.6) is 0 Å². The van der Waals surface area contributed by atoms with Gasteiger partial charge in [0.1, 0.15) is 0 Å². The van der Waals surface area contributed by atoms with Crippen LogP contribution in [0, 0.1) is 13.8 Å². The third-order valence-electron chi connectivity index (χ3n) is 3.54. The second kappa shape index (κ2) is 7.40. The molecule has 118 valence electrons. The number of para-hydroxylation sites is 1. The Morgan fingerprint density at radius 3 is 2.00 bits per heavy atom. The van der Waals surface area contributed by atoms with Gasteiger partial charge < -0.3 is 10.6 Å². The Morgan fingerprint density at radius 1 is 0.957 bits per heavy atom. The van der Waals surface area contributed by atoms with Crippen LogP contribution in [-0.2, 0) is 0 Å². The maximum absolute atomic E-state index is 12.3. The van der Waals surface area contributed by atoms with Gasteiger partial charge in [-0.2, -0.15) is 0 Å². The normalized spacial score (nSPS) is 10.0. The highest BCUT2D eigenvalue weighted by Crippen LogP contribution is 2.20. The van der Waals surface area contributed by atoms with E-state index in [1.807, 2.05) is 32.0 Å². The molecule has 0 aliphatic rings. The SMILES string of the molecule is C=CCNC(=O)c1ccc(C(=O)Nc2c(C)cccc2C)cc1. The molecule has 4 nitrogen and oxygen atoms in total. The largest absolute Gasteiger partial charge is 0.349 e. The van der Waals surface area contributed by atoms with Crippen molar-refractivity contribution in [1.82, 2.24) is 5.32 Å². The average molecular weight is 308 g/mol. The lowest BCUT2D eigenvalue weighted by molar-refractivity contribution is 0.0956. The van der Waals surface area contributed by atoms with Gasteiger partial charge >= 0.3 is 0 Å². The Morgan fingerprint density at radius 2 is 1.48 bits per heavy atom. The molecule has 2 rings (SSSR count). The van der Waals surface area contributed by atoms with Crippen molar-refractivity contribution in [1.29, 1.82) is 0 Å². The third-order valence-corrected chi connectivity index (χ3v) is 3.54. The van der Waals surface area contributed by atoms with E-state index >= 15 is 0 Å². The predicted molar refractivity (Wildman–Crippen MR) is 92.8 cm³/mol. The molecular weight excluding hydrogens is 288 g/mol. The van der Waals surface area contributed by atoms with Crippen molar-refractivity contribution in [2.75, 3.05) is 11.9 Å². The summed E-state index contributed by atoms with van der Waals surface area (Å²) in [5.41, 5.74) is 3.87. The smallest absolute Gasteiger partial charge is 0.255 e. The summed E-state index contributed by atoms with van der Waals surface area (Å²) in [5.74, 6) is -0.382. The zero-order valence-electron chi connectivity index (χ0n) is 13.3. The molecule has 2 amide bonds. The predicted octanol–water partition coefficient (Wildman–Crippen LogP) is 3.47. The Kier molecular flexibility index (Phi) is 5.31. The molecule has 0 bridgehead atoms. The molecule has 0 radical (unpaired) electrons. The van der Waals surface area contributed by atoms with Gasteiger partial charge in [0.15, 0.2) is 0 Å². The molecular formula is C19H20N2O2. The second-order valence-electron chi connectivity index (χ2n) is 5.30. The molecule has 0 saturated heterocycles. The minimum atomic E-state index is -0.194. The van der Waals surface area contributed by atoms with Crippen LogP contribution in [0.25, 0.3) is 0 Å². The summed E-state index contributed by atoms with van der Waals surface area (Å²) in [5, 5.41) is 5.62. The molecule has 0 spiro atoms. The average Bonchev–Trinajstić information content (AvgIpc) is 2.56. The summed E-state index contributed by atoms with van der Waals surface area (Å²) >= 11 is 0. The lowest BCUT2D eigenvalue weighted by Gasteiger charge is -2.11. The van der Waals surface area contributed by atoms with E-state index in [1.54, 1.807) is 30.3 Å². The lowest BCUT2D eigenvalue weighted by Crippen LogP contribution is -2.23. The fourth-order valence-corrected chi connectivity index (χ4v) is 2.24. The van der Waals surface area contributed by atoms with Gasteiger partial charge in [-0.25, -0.2) is 0 Å². The highest BCUT2D eigenvalue weighted by molar-refractivity contribution is 6.05. The van der Waals surface area contributed by atoms with Gasteiger partial charge in [0, 0.05) is 23.4 Å². The van der Waals surface area contributed by atoms with Gasteiger partial charge in [-0.3, -0.25) is 9.59 Å². The van der Waals surface area contributed by atoms with Crippen LogP contribution in [0.3, 0.4) is 0 Å². The summed E-state index contributed by atoms with van der Waals surface area (Å²) in [6, 6.07) is 12.4. The first-order chi connectivity index (χ1) is 11.0. The van der Waals surface area contributed by atoms with Crippen molar-refractivity contribution in [3.63, 3.8) is 0 Å². The van der Waals surface area contributed by atoms with Crippen LogP contribution in [-0.4, -0.2) is 18.4 Å². The number of carbonyl (C=O) groups is 2. The summed E-state index contributed by atoms with van der Waals surface area (Å²) in [7, 11) is 0. The zero-order valence-corrected chi connectivity index (χ0v) is 13.3. The second-order valence-corrected chi connectivity index (χ2v) is 5.30. The Labute approximate surface area is 136 Å². The van der Waals surface area contributed by atoms with Crippen LogP contribution >= 0.6 is 0 Å².